The number of carbonyl (C=O) groups excluding carboxylic acids is 2. The number of hydrogen-bond acceptors (Lipinski definition) is 4. The molecule has 174 valence electrons. The topological polar surface area (TPSA) is 67.9 Å². The molecule has 4 aliphatic rings. The Balaban J connectivity index is 1.32. The van der Waals surface area contributed by atoms with Crippen molar-refractivity contribution in [2.24, 2.45) is 0 Å². The van der Waals surface area contributed by atoms with Crippen LogP contribution in [0.15, 0.2) is 52.1 Å². The maximum absolute atomic E-state index is 15.4. The summed E-state index contributed by atoms with van der Waals surface area (Å²) in [6.45, 7) is 1.39. The molecule has 1 spiro atoms. The number of nitrogens with zero attached hydrogens (tertiary/aromatic N) is 1. The van der Waals surface area contributed by atoms with E-state index in [1.54, 1.807) is 11.0 Å². The van der Waals surface area contributed by atoms with Crippen molar-refractivity contribution in [3.05, 3.63) is 72.7 Å². The summed E-state index contributed by atoms with van der Waals surface area (Å²) in [4.78, 5) is 27.1. The molecule has 0 unspecified atom stereocenters. The maximum Gasteiger partial charge on any atom is 0.289 e. The highest BCUT2D eigenvalue weighted by Gasteiger charge is 2.52. The average Bonchev–Trinajstić information content (AvgIpc) is 3.50. The van der Waals surface area contributed by atoms with Gasteiger partial charge in [-0.25, -0.2) is 4.39 Å². The standard InChI is InChI=1S/C25H19FI2N2O4/c1-28-6-2-3-16-21(28)13-30(23(16)31)12-17-19(26)10-15(11-20(17)27)14-4-5-22-18(9-14)25(24(32)29-22)33-7-8-34-25/h2-6,9-11H,1,7-8,12-13H2,(H,29,32). The summed E-state index contributed by atoms with van der Waals surface area (Å²) in [5.41, 5.74) is 3.89. The molecule has 6 rings (SSSR count). The summed E-state index contributed by atoms with van der Waals surface area (Å²) in [6, 6.07) is 8.81. The second-order valence-corrected chi connectivity index (χ2v) is 13.8. The third-order valence-corrected chi connectivity index (χ3v) is 11.2. The largest absolute Gasteiger partial charge is 0.336 e. The second-order valence-electron chi connectivity index (χ2n) is 8.31. The normalized spacial score (nSPS) is 20.7. The van der Waals surface area contributed by atoms with Crippen LogP contribution in [0.2, 0.25) is 0 Å². The van der Waals surface area contributed by atoms with E-state index in [1.165, 1.54) is 6.07 Å². The van der Waals surface area contributed by atoms with E-state index in [-0.39, 0.29) is 24.2 Å². The Kier molecular flexibility index (Phi) is 5.43. The van der Waals surface area contributed by atoms with Gasteiger partial charge >= 0.3 is 0 Å². The third-order valence-electron chi connectivity index (χ3n) is 6.36. The lowest BCUT2D eigenvalue weighted by molar-refractivity contribution is -0.178. The minimum atomic E-state index is -1.66. The first-order chi connectivity index (χ1) is 16.4. The lowest BCUT2D eigenvalue weighted by Gasteiger charge is -2.20. The number of fused-ring (bicyclic) bond motifs is 3. The molecule has 2 aromatic carbocycles. The van der Waals surface area contributed by atoms with Gasteiger partial charge in [0.05, 0.1) is 32.0 Å². The highest BCUT2D eigenvalue weighted by atomic mass is 127. The van der Waals surface area contributed by atoms with Crippen LogP contribution in [0, 0.1) is 9.39 Å². The molecule has 0 radical (unpaired) electrons. The molecule has 4 aliphatic heterocycles. The average molecular weight is 684 g/mol. The van der Waals surface area contributed by atoms with Crippen molar-refractivity contribution >= 4 is 67.0 Å². The summed E-state index contributed by atoms with van der Waals surface area (Å²) in [7, 11) is 0. The van der Waals surface area contributed by atoms with Gasteiger partial charge in [0, 0.05) is 23.8 Å². The van der Waals surface area contributed by atoms with Gasteiger partial charge < -0.3 is 19.7 Å². The molecule has 9 heteroatoms. The number of anilines is 1. The Morgan fingerprint density at radius 1 is 1.18 bits per heavy atom. The molecule has 2 aromatic rings. The first kappa shape index (κ1) is 22.4. The molecule has 0 aliphatic carbocycles. The predicted octanol–water partition coefficient (Wildman–Crippen LogP) is 4.16. The molecule has 1 N–H and O–H groups in total. The van der Waals surface area contributed by atoms with Gasteiger partial charge in [-0.2, -0.15) is 0 Å². The Labute approximate surface area is 215 Å². The zero-order chi connectivity index (χ0) is 23.6. The highest BCUT2D eigenvalue weighted by molar-refractivity contribution is 14.2. The Hall–Kier alpha value is -2.09. The molecule has 2 saturated heterocycles. The number of benzene rings is 2. The Bertz CT molecular complexity index is 1410. The van der Waals surface area contributed by atoms with E-state index < -0.39 is 24.7 Å². The molecule has 0 bridgehead atoms. The van der Waals surface area contributed by atoms with Crippen LogP contribution in [-0.2, 0) is 31.4 Å². The Morgan fingerprint density at radius 3 is 2.71 bits per heavy atom. The predicted molar refractivity (Wildman–Crippen MR) is 146 cm³/mol. The van der Waals surface area contributed by atoms with Crippen molar-refractivity contribution in [2.45, 2.75) is 12.3 Å². The zero-order valence-electron chi connectivity index (χ0n) is 17.9. The third kappa shape index (κ3) is 3.39. The molecule has 2 fully saturated rings. The van der Waals surface area contributed by atoms with Gasteiger partial charge in [0.15, 0.2) is 0 Å². The van der Waals surface area contributed by atoms with Crippen molar-refractivity contribution in [3.63, 3.8) is 0 Å². The Morgan fingerprint density at radius 2 is 1.97 bits per heavy atom. The molecular formula is C25H19FI2N2O4. The van der Waals surface area contributed by atoms with Gasteiger partial charge in [-0.3, -0.25) is 9.59 Å². The first-order valence-electron chi connectivity index (χ1n) is 10.6. The van der Waals surface area contributed by atoms with Crippen molar-refractivity contribution in [1.82, 2.24) is 4.90 Å². The molecule has 0 atom stereocenters. The number of ether oxygens (including phenoxy) is 2. The lowest BCUT2D eigenvalue weighted by Crippen LogP contribution is -2.35. The number of likely N-dealkylation sites (tertiary alicyclic amines) is 1. The van der Waals surface area contributed by atoms with Crippen molar-refractivity contribution in [1.29, 1.82) is 0 Å². The van der Waals surface area contributed by atoms with E-state index in [9.17, 15) is 9.59 Å². The first-order valence-corrected chi connectivity index (χ1v) is 15.5. The van der Waals surface area contributed by atoms with Crippen LogP contribution >= 0.6 is 41.5 Å². The SMILES string of the molecule is C=I1=C2CN(Cc3c(F)cc(-c4ccc5c(c4)C4(OCCO4)C(=O)N5)cc3I)C(=O)C2=CC=C1. The number of allylic oxidation sites excluding steroid dienone is 2. The number of rotatable bonds is 3. The number of amides is 2. The summed E-state index contributed by atoms with van der Waals surface area (Å²) >= 11 is 0.458. The van der Waals surface area contributed by atoms with Crippen LogP contribution in [0.1, 0.15) is 11.1 Å². The van der Waals surface area contributed by atoms with E-state index in [0.717, 1.165) is 18.2 Å². The summed E-state index contributed by atoms with van der Waals surface area (Å²) in [6.07, 6.45) is 3.77. The van der Waals surface area contributed by atoms with Crippen molar-refractivity contribution < 1.29 is 23.5 Å². The van der Waals surface area contributed by atoms with Gasteiger partial charge in [-0.15, -0.1) is 18.9 Å². The quantitative estimate of drug-likeness (QED) is 0.494. The molecule has 6 nitrogen and oxygen atoms in total. The van der Waals surface area contributed by atoms with Crippen LogP contribution in [0.25, 0.3) is 11.1 Å². The number of carbonyl (C=O) groups is 2. The van der Waals surface area contributed by atoms with Crippen LogP contribution in [-0.4, -0.2) is 44.5 Å². The molecule has 4 heterocycles. The summed E-state index contributed by atoms with van der Waals surface area (Å²) in [5, 5.41) is 2.80. The minimum absolute atomic E-state index is 0.0535. The van der Waals surface area contributed by atoms with Crippen LogP contribution < -0.4 is 5.32 Å². The van der Waals surface area contributed by atoms with E-state index in [1.807, 2.05) is 30.4 Å². The molecule has 0 saturated carbocycles. The van der Waals surface area contributed by atoms with Crippen LogP contribution in [0.4, 0.5) is 10.1 Å². The van der Waals surface area contributed by atoms with E-state index in [4.69, 9.17) is 9.47 Å². The summed E-state index contributed by atoms with van der Waals surface area (Å²) in [5.74, 6) is -2.20. The van der Waals surface area contributed by atoms with Crippen LogP contribution in [0.3, 0.4) is 0 Å². The van der Waals surface area contributed by atoms with Gasteiger partial charge in [0.1, 0.15) is 5.82 Å². The molecule has 2 amide bonds. The lowest BCUT2D eigenvalue weighted by atomic mass is 9.98. The van der Waals surface area contributed by atoms with E-state index in [0.29, 0.717) is 42.1 Å². The number of hydrogen-bond donors (Lipinski definition) is 1. The van der Waals surface area contributed by atoms with Gasteiger partial charge in [0.2, 0.25) is 0 Å². The van der Waals surface area contributed by atoms with Gasteiger partial charge in [-0.1, -0.05) is 16.7 Å². The summed E-state index contributed by atoms with van der Waals surface area (Å²) < 4.78 is 34.9. The second kappa shape index (κ2) is 8.25. The highest BCUT2D eigenvalue weighted by Crippen LogP contribution is 2.44. The van der Waals surface area contributed by atoms with Gasteiger partial charge in [-0.05, 0) is 68.1 Å². The fraction of sp³-hybridized carbons (Fsp3) is 0.200. The van der Waals surface area contributed by atoms with Gasteiger partial charge in [0.25, 0.3) is 17.6 Å². The smallest absolute Gasteiger partial charge is 0.289 e. The molecule has 34 heavy (non-hydrogen) atoms. The zero-order valence-corrected chi connectivity index (χ0v) is 22.2. The fourth-order valence-electron chi connectivity index (χ4n) is 4.65. The maximum atomic E-state index is 15.4. The molecule has 0 aromatic heterocycles. The van der Waals surface area contributed by atoms with Crippen LogP contribution in [0.5, 0.6) is 0 Å². The minimum Gasteiger partial charge on any atom is -0.336 e. The number of nitrogens with one attached hydrogen (secondary N) is 1. The number of halogens is 3. The molecular weight excluding hydrogens is 665 g/mol. The van der Waals surface area contributed by atoms with Crippen molar-refractivity contribution in [2.75, 3.05) is 25.1 Å². The van der Waals surface area contributed by atoms with E-state index >= 15 is 4.39 Å². The van der Waals surface area contributed by atoms with Crippen molar-refractivity contribution in [3.8, 4) is 11.1 Å². The fourth-order valence-corrected chi connectivity index (χ4v) is 8.56. The monoisotopic (exact) mass is 684 g/mol. The van der Waals surface area contributed by atoms with E-state index in [2.05, 4.69) is 36.5 Å².